The number of rotatable bonds is 4. The van der Waals surface area contributed by atoms with Crippen LogP contribution in [0.2, 0.25) is 0 Å². The molecule has 3 aromatic rings. The van der Waals surface area contributed by atoms with E-state index in [-0.39, 0.29) is 11.5 Å². The van der Waals surface area contributed by atoms with Crippen LogP contribution < -0.4 is 0 Å². The zero-order valence-electron chi connectivity index (χ0n) is 11.5. The largest absolute Gasteiger partial charge is 0.360 e. The molecule has 2 aromatic carbocycles. The third kappa shape index (κ3) is 2.52. The fourth-order valence-electron chi connectivity index (χ4n) is 2.33. The second-order valence-electron chi connectivity index (χ2n) is 4.76. The standard InChI is InChI=1S/C17H12N2O3/c20-17(14-11-18-15-7-3-2-6-13(14)15)10-9-12-5-1-4-8-16(12)19(21)22/h1-11,18H/b10-9-. The number of para-hydroxylation sites is 2. The lowest BCUT2D eigenvalue weighted by molar-refractivity contribution is -0.385. The van der Waals surface area contributed by atoms with Crippen LogP contribution in [-0.4, -0.2) is 15.7 Å². The van der Waals surface area contributed by atoms with Gasteiger partial charge in [-0.1, -0.05) is 30.3 Å². The summed E-state index contributed by atoms with van der Waals surface area (Å²) in [6.07, 6.45) is 4.48. The van der Waals surface area contributed by atoms with Crippen LogP contribution in [0.15, 0.2) is 60.8 Å². The molecule has 0 unspecified atom stereocenters. The molecule has 0 spiro atoms. The smallest absolute Gasteiger partial charge is 0.276 e. The van der Waals surface area contributed by atoms with E-state index >= 15 is 0 Å². The van der Waals surface area contributed by atoms with Crippen molar-refractivity contribution in [2.75, 3.05) is 0 Å². The highest BCUT2D eigenvalue weighted by Gasteiger charge is 2.12. The van der Waals surface area contributed by atoms with Gasteiger partial charge >= 0.3 is 0 Å². The zero-order chi connectivity index (χ0) is 15.5. The maximum atomic E-state index is 12.3. The lowest BCUT2D eigenvalue weighted by atomic mass is 10.1. The van der Waals surface area contributed by atoms with E-state index in [9.17, 15) is 14.9 Å². The van der Waals surface area contributed by atoms with Crippen molar-refractivity contribution >= 4 is 28.4 Å². The monoisotopic (exact) mass is 292 g/mol. The molecule has 3 rings (SSSR count). The third-order valence-corrected chi connectivity index (χ3v) is 3.40. The minimum Gasteiger partial charge on any atom is -0.360 e. The van der Waals surface area contributed by atoms with E-state index in [0.717, 1.165) is 10.9 Å². The Balaban J connectivity index is 1.93. The van der Waals surface area contributed by atoms with Crippen molar-refractivity contribution in [3.8, 4) is 0 Å². The molecule has 1 aromatic heterocycles. The SMILES string of the molecule is O=C(/C=C\c1ccccc1[N+](=O)[O-])c1c[nH]c2ccccc12. The predicted molar refractivity (Wildman–Crippen MR) is 84.8 cm³/mol. The summed E-state index contributed by atoms with van der Waals surface area (Å²) in [7, 11) is 0. The molecule has 0 aliphatic rings. The first-order chi connectivity index (χ1) is 10.7. The Kier molecular flexibility index (Phi) is 3.53. The van der Waals surface area contributed by atoms with Gasteiger partial charge in [-0.2, -0.15) is 0 Å². The van der Waals surface area contributed by atoms with Crippen LogP contribution in [0.1, 0.15) is 15.9 Å². The van der Waals surface area contributed by atoms with Crippen molar-refractivity contribution in [1.82, 2.24) is 4.98 Å². The number of aromatic amines is 1. The molecule has 5 nitrogen and oxygen atoms in total. The van der Waals surface area contributed by atoms with Gasteiger partial charge in [-0.3, -0.25) is 14.9 Å². The third-order valence-electron chi connectivity index (χ3n) is 3.40. The van der Waals surface area contributed by atoms with Crippen molar-refractivity contribution < 1.29 is 9.72 Å². The maximum Gasteiger partial charge on any atom is 0.276 e. The van der Waals surface area contributed by atoms with E-state index in [0.29, 0.717) is 11.1 Å². The molecule has 0 saturated heterocycles. The first kappa shape index (κ1) is 13.8. The number of fused-ring (bicyclic) bond motifs is 1. The van der Waals surface area contributed by atoms with Crippen molar-refractivity contribution in [2.24, 2.45) is 0 Å². The summed E-state index contributed by atoms with van der Waals surface area (Å²) in [4.78, 5) is 25.8. The lowest BCUT2D eigenvalue weighted by Gasteiger charge is -1.97. The summed E-state index contributed by atoms with van der Waals surface area (Å²) >= 11 is 0. The first-order valence-electron chi connectivity index (χ1n) is 6.69. The second kappa shape index (κ2) is 5.65. The van der Waals surface area contributed by atoms with Crippen LogP contribution in [0.3, 0.4) is 0 Å². The van der Waals surface area contributed by atoms with Crippen LogP contribution in [0.25, 0.3) is 17.0 Å². The molecule has 0 amide bonds. The molecule has 0 radical (unpaired) electrons. The lowest BCUT2D eigenvalue weighted by Crippen LogP contribution is -1.94. The summed E-state index contributed by atoms with van der Waals surface area (Å²) in [5.74, 6) is -0.199. The molecule has 0 bridgehead atoms. The molecule has 1 N–H and O–H groups in total. The molecule has 108 valence electrons. The van der Waals surface area contributed by atoms with Gasteiger partial charge in [0.25, 0.3) is 5.69 Å². The summed E-state index contributed by atoms with van der Waals surface area (Å²) in [6, 6.07) is 13.8. The number of carbonyl (C=O) groups is 1. The second-order valence-corrected chi connectivity index (χ2v) is 4.76. The molecule has 0 saturated carbocycles. The van der Waals surface area contributed by atoms with E-state index in [1.165, 1.54) is 18.2 Å². The summed E-state index contributed by atoms with van der Waals surface area (Å²) < 4.78 is 0. The number of nitro benzene ring substituents is 1. The summed E-state index contributed by atoms with van der Waals surface area (Å²) in [5, 5.41) is 11.8. The van der Waals surface area contributed by atoms with E-state index < -0.39 is 4.92 Å². The molecule has 0 aliphatic carbocycles. The number of aromatic nitrogens is 1. The molecule has 0 fully saturated rings. The molecule has 22 heavy (non-hydrogen) atoms. The fraction of sp³-hybridized carbons (Fsp3) is 0. The first-order valence-corrected chi connectivity index (χ1v) is 6.69. The van der Waals surface area contributed by atoms with Crippen molar-refractivity contribution in [1.29, 1.82) is 0 Å². The number of carbonyl (C=O) groups excluding carboxylic acids is 1. The van der Waals surface area contributed by atoms with Gasteiger partial charge < -0.3 is 4.98 Å². The highest BCUT2D eigenvalue weighted by atomic mass is 16.6. The maximum absolute atomic E-state index is 12.3. The van der Waals surface area contributed by atoms with Crippen LogP contribution in [0.5, 0.6) is 0 Å². The van der Waals surface area contributed by atoms with E-state index in [1.807, 2.05) is 24.3 Å². The topological polar surface area (TPSA) is 76.0 Å². The van der Waals surface area contributed by atoms with Gasteiger partial charge in [-0.25, -0.2) is 0 Å². The predicted octanol–water partition coefficient (Wildman–Crippen LogP) is 3.97. The van der Waals surface area contributed by atoms with E-state index in [4.69, 9.17) is 0 Å². The minimum atomic E-state index is -0.462. The number of H-pyrrole nitrogens is 1. The Bertz CT molecular complexity index is 894. The van der Waals surface area contributed by atoms with Gasteiger partial charge in [0.2, 0.25) is 0 Å². The average molecular weight is 292 g/mol. The van der Waals surface area contributed by atoms with E-state index in [1.54, 1.807) is 24.4 Å². The van der Waals surface area contributed by atoms with Gasteiger partial charge in [0.1, 0.15) is 0 Å². The Labute approximate surface area is 126 Å². The molecular weight excluding hydrogens is 280 g/mol. The van der Waals surface area contributed by atoms with Gasteiger partial charge in [0, 0.05) is 28.7 Å². The van der Waals surface area contributed by atoms with Crippen molar-refractivity contribution in [3.05, 3.63) is 82.0 Å². The molecule has 0 aliphatic heterocycles. The number of ketones is 1. The molecular formula is C17H12N2O3. The Morgan fingerprint density at radius 3 is 2.64 bits per heavy atom. The number of hydrogen-bond donors (Lipinski definition) is 1. The van der Waals surface area contributed by atoms with Crippen LogP contribution in [0.4, 0.5) is 5.69 Å². The molecule has 0 atom stereocenters. The summed E-state index contributed by atoms with van der Waals surface area (Å²) in [5.41, 5.74) is 1.81. The highest BCUT2D eigenvalue weighted by molar-refractivity contribution is 6.14. The minimum absolute atomic E-state index is 0.0227. The number of nitrogens with zero attached hydrogens (tertiary/aromatic N) is 1. The molecule has 1 heterocycles. The number of nitro groups is 1. The summed E-state index contributed by atoms with van der Waals surface area (Å²) in [6.45, 7) is 0. The van der Waals surface area contributed by atoms with Gasteiger partial charge in [0.15, 0.2) is 5.78 Å². The average Bonchev–Trinajstić information content (AvgIpc) is 2.97. The zero-order valence-corrected chi connectivity index (χ0v) is 11.5. The van der Waals surface area contributed by atoms with Crippen LogP contribution in [-0.2, 0) is 0 Å². The van der Waals surface area contributed by atoms with Crippen molar-refractivity contribution in [3.63, 3.8) is 0 Å². The quantitative estimate of drug-likeness (QED) is 0.342. The Hall–Kier alpha value is -3.21. The number of hydrogen-bond acceptors (Lipinski definition) is 3. The normalized spacial score (nSPS) is 11.1. The number of nitrogens with one attached hydrogen (secondary N) is 1. The molecule has 5 heteroatoms. The Morgan fingerprint density at radius 2 is 1.82 bits per heavy atom. The van der Waals surface area contributed by atoms with E-state index in [2.05, 4.69) is 4.98 Å². The van der Waals surface area contributed by atoms with Crippen molar-refractivity contribution in [2.45, 2.75) is 0 Å². The Morgan fingerprint density at radius 1 is 1.09 bits per heavy atom. The highest BCUT2D eigenvalue weighted by Crippen LogP contribution is 2.21. The fourth-order valence-corrected chi connectivity index (χ4v) is 2.33. The van der Waals surface area contributed by atoms with Gasteiger partial charge in [0.05, 0.1) is 10.5 Å². The van der Waals surface area contributed by atoms with Crippen LogP contribution in [0, 0.1) is 10.1 Å². The number of allylic oxidation sites excluding steroid dienone is 1. The van der Waals surface area contributed by atoms with Gasteiger partial charge in [-0.05, 0) is 24.3 Å². The van der Waals surface area contributed by atoms with Gasteiger partial charge in [-0.15, -0.1) is 0 Å². The van der Waals surface area contributed by atoms with Crippen LogP contribution >= 0.6 is 0 Å². The number of benzene rings is 2.